The van der Waals surface area contributed by atoms with Gasteiger partial charge < -0.3 is 10.2 Å². The number of anilines is 1. The fourth-order valence-corrected chi connectivity index (χ4v) is 2.34. The molecule has 1 aromatic carbocycles. The van der Waals surface area contributed by atoms with Crippen LogP contribution in [-0.2, 0) is 9.63 Å². The smallest absolute Gasteiger partial charge is 0.272 e. The van der Waals surface area contributed by atoms with Crippen LogP contribution in [0.4, 0.5) is 10.2 Å². The second-order valence-corrected chi connectivity index (χ2v) is 5.72. The summed E-state index contributed by atoms with van der Waals surface area (Å²) in [5.41, 5.74) is 0.992. The van der Waals surface area contributed by atoms with Gasteiger partial charge in [0.1, 0.15) is 11.6 Å². The van der Waals surface area contributed by atoms with Crippen LogP contribution >= 0.6 is 0 Å². The molecule has 2 aromatic rings. The predicted octanol–water partition coefficient (Wildman–Crippen LogP) is 3.05. The zero-order valence-electron chi connectivity index (χ0n) is 12.8. The van der Waals surface area contributed by atoms with Gasteiger partial charge >= 0.3 is 0 Å². The first kappa shape index (κ1) is 15.1. The number of nitrogens with zero attached hydrogens (tertiary/aromatic N) is 2. The third-order valence-electron chi connectivity index (χ3n) is 3.66. The maximum Gasteiger partial charge on any atom is 0.272 e. The van der Waals surface area contributed by atoms with Crippen LogP contribution in [0.5, 0.6) is 0 Å². The molecule has 0 fully saturated rings. The number of carbonyl (C=O) groups is 1. The molecule has 0 unspecified atom stereocenters. The van der Waals surface area contributed by atoms with Gasteiger partial charge in [0.05, 0.1) is 5.71 Å². The van der Waals surface area contributed by atoms with Gasteiger partial charge in [0.15, 0.2) is 0 Å². The largest absolute Gasteiger partial charge is 0.379 e. The molecule has 1 amide bonds. The molecule has 1 aliphatic heterocycles. The summed E-state index contributed by atoms with van der Waals surface area (Å²) in [4.78, 5) is 21.9. The van der Waals surface area contributed by atoms with E-state index in [2.05, 4.69) is 15.5 Å². The summed E-state index contributed by atoms with van der Waals surface area (Å²) in [5.74, 6) is -0.239. The normalized spacial score (nSPS) is 19.9. The highest BCUT2D eigenvalue weighted by Gasteiger charge is 2.42. The fraction of sp³-hybridized carbons (Fsp3) is 0.235. The number of rotatable bonds is 3. The summed E-state index contributed by atoms with van der Waals surface area (Å²) in [6.45, 7) is 3.56. The van der Waals surface area contributed by atoms with Crippen molar-refractivity contribution in [3.63, 3.8) is 0 Å². The van der Waals surface area contributed by atoms with Gasteiger partial charge in [-0.3, -0.25) is 4.79 Å². The maximum atomic E-state index is 13.3. The molecule has 1 N–H and O–H groups in total. The summed E-state index contributed by atoms with van der Waals surface area (Å²) in [7, 11) is 0. The standard InChI is InChI=1S/C17H16FN3O2/c1-11-6-7-19-15(8-11)20-16(22)17(2)10-14(21-23-17)12-4-3-5-13(18)9-12/h3-9H,10H2,1-2H3,(H,19,20,22)/t17-/m0/s1. The molecule has 0 radical (unpaired) electrons. The molecular formula is C17H16FN3O2. The number of pyridine rings is 1. The average Bonchev–Trinajstić information content (AvgIpc) is 2.91. The topological polar surface area (TPSA) is 63.6 Å². The van der Waals surface area contributed by atoms with Gasteiger partial charge in [0, 0.05) is 18.2 Å². The summed E-state index contributed by atoms with van der Waals surface area (Å²) in [5, 5.41) is 6.68. The number of hydrogen-bond donors (Lipinski definition) is 1. The number of aryl methyl sites for hydroxylation is 1. The van der Waals surface area contributed by atoms with Crippen LogP contribution < -0.4 is 5.32 Å². The van der Waals surface area contributed by atoms with E-state index in [0.29, 0.717) is 17.1 Å². The van der Waals surface area contributed by atoms with Gasteiger partial charge in [0.25, 0.3) is 5.91 Å². The van der Waals surface area contributed by atoms with Crippen molar-refractivity contribution < 1.29 is 14.0 Å². The summed E-state index contributed by atoms with van der Waals surface area (Å²) < 4.78 is 13.3. The maximum absolute atomic E-state index is 13.3. The van der Waals surface area contributed by atoms with Gasteiger partial charge in [-0.05, 0) is 43.7 Å². The minimum Gasteiger partial charge on any atom is -0.379 e. The van der Waals surface area contributed by atoms with Crippen molar-refractivity contribution >= 4 is 17.4 Å². The predicted molar refractivity (Wildman–Crippen MR) is 84.6 cm³/mol. The van der Waals surface area contributed by atoms with Crippen molar-refractivity contribution in [2.24, 2.45) is 5.16 Å². The Morgan fingerprint density at radius 1 is 1.35 bits per heavy atom. The average molecular weight is 313 g/mol. The molecule has 0 bridgehead atoms. The fourth-order valence-electron chi connectivity index (χ4n) is 2.34. The monoisotopic (exact) mass is 313 g/mol. The Hall–Kier alpha value is -2.76. The van der Waals surface area contributed by atoms with Gasteiger partial charge in [-0.25, -0.2) is 9.37 Å². The lowest BCUT2D eigenvalue weighted by atomic mass is 9.95. The Kier molecular flexibility index (Phi) is 3.82. The van der Waals surface area contributed by atoms with Crippen LogP contribution in [0.3, 0.4) is 0 Å². The number of benzene rings is 1. The minimum atomic E-state index is -1.15. The quantitative estimate of drug-likeness (QED) is 0.947. The van der Waals surface area contributed by atoms with E-state index in [1.165, 1.54) is 12.1 Å². The number of halogens is 1. The summed E-state index contributed by atoms with van der Waals surface area (Å²) >= 11 is 0. The Morgan fingerprint density at radius 3 is 2.91 bits per heavy atom. The first-order valence-electron chi connectivity index (χ1n) is 7.21. The molecule has 0 saturated heterocycles. The van der Waals surface area contributed by atoms with Crippen molar-refractivity contribution in [3.05, 3.63) is 59.5 Å². The first-order chi connectivity index (χ1) is 11.0. The van der Waals surface area contributed by atoms with Gasteiger partial charge in [-0.1, -0.05) is 17.3 Å². The van der Waals surface area contributed by atoms with E-state index in [0.717, 1.165) is 5.56 Å². The third-order valence-corrected chi connectivity index (χ3v) is 3.66. The molecule has 0 saturated carbocycles. The van der Waals surface area contributed by atoms with Crippen LogP contribution in [0.25, 0.3) is 0 Å². The number of oxime groups is 1. The molecule has 5 nitrogen and oxygen atoms in total. The van der Waals surface area contributed by atoms with Crippen LogP contribution in [0, 0.1) is 12.7 Å². The third kappa shape index (κ3) is 3.21. The molecule has 6 heteroatoms. The Bertz CT molecular complexity index is 791. The Balaban J connectivity index is 1.73. The first-order valence-corrected chi connectivity index (χ1v) is 7.21. The minimum absolute atomic E-state index is 0.258. The molecule has 1 aromatic heterocycles. The lowest BCUT2D eigenvalue weighted by molar-refractivity contribution is -0.135. The second-order valence-electron chi connectivity index (χ2n) is 5.72. The van der Waals surface area contributed by atoms with E-state index in [1.807, 2.05) is 13.0 Å². The number of carbonyl (C=O) groups excluding carboxylic acids is 1. The molecule has 118 valence electrons. The van der Waals surface area contributed by atoms with Gasteiger partial charge in [0.2, 0.25) is 5.60 Å². The molecule has 1 aliphatic rings. The molecule has 0 aliphatic carbocycles. The Morgan fingerprint density at radius 2 is 2.17 bits per heavy atom. The highest BCUT2D eigenvalue weighted by atomic mass is 19.1. The lowest BCUT2D eigenvalue weighted by Gasteiger charge is -2.20. The highest BCUT2D eigenvalue weighted by molar-refractivity contribution is 6.07. The lowest BCUT2D eigenvalue weighted by Crippen LogP contribution is -2.40. The van der Waals surface area contributed by atoms with Crippen LogP contribution in [0.2, 0.25) is 0 Å². The SMILES string of the molecule is Cc1ccnc(NC(=O)[C@]2(C)CC(c3cccc(F)c3)=NO2)c1. The molecule has 23 heavy (non-hydrogen) atoms. The van der Waals surface area contributed by atoms with Crippen LogP contribution in [-0.4, -0.2) is 22.2 Å². The van der Waals surface area contributed by atoms with E-state index in [1.54, 1.807) is 31.3 Å². The van der Waals surface area contributed by atoms with E-state index >= 15 is 0 Å². The highest BCUT2D eigenvalue weighted by Crippen LogP contribution is 2.28. The van der Waals surface area contributed by atoms with Crippen molar-refractivity contribution in [1.82, 2.24) is 4.98 Å². The van der Waals surface area contributed by atoms with E-state index < -0.39 is 5.60 Å². The Labute approximate surface area is 133 Å². The summed E-state index contributed by atoms with van der Waals surface area (Å²) in [6.07, 6.45) is 1.88. The van der Waals surface area contributed by atoms with Gasteiger partial charge in [-0.15, -0.1) is 0 Å². The zero-order valence-corrected chi connectivity index (χ0v) is 12.8. The molecule has 1 atom stereocenters. The van der Waals surface area contributed by atoms with Gasteiger partial charge in [-0.2, -0.15) is 0 Å². The number of amides is 1. The molecule has 2 heterocycles. The number of nitrogens with one attached hydrogen (secondary N) is 1. The number of hydrogen-bond acceptors (Lipinski definition) is 4. The van der Waals surface area contributed by atoms with E-state index in [9.17, 15) is 9.18 Å². The number of aromatic nitrogens is 1. The van der Waals surface area contributed by atoms with Crippen molar-refractivity contribution in [1.29, 1.82) is 0 Å². The zero-order chi connectivity index (χ0) is 16.4. The van der Waals surface area contributed by atoms with Crippen LogP contribution in [0.1, 0.15) is 24.5 Å². The van der Waals surface area contributed by atoms with Crippen molar-refractivity contribution in [3.8, 4) is 0 Å². The van der Waals surface area contributed by atoms with Crippen molar-refractivity contribution in [2.45, 2.75) is 25.9 Å². The molecular weight excluding hydrogens is 297 g/mol. The summed E-state index contributed by atoms with van der Waals surface area (Å²) in [6, 6.07) is 9.67. The van der Waals surface area contributed by atoms with Crippen molar-refractivity contribution in [2.75, 3.05) is 5.32 Å². The molecule has 0 spiro atoms. The molecule has 3 rings (SSSR count). The van der Waals surface area contributed by atoms with E-state index in [4.69, 9.17) is 4.84 Å². The van der Waals surface area contributed by atoms with Crippen LogP contribution in [0.15, 0.2) is 47.8 Å². The second kappa shape index (κ2) is 5.79. The van der Waals surface area contributed by atoms with E-state index in [-0.39, 0.29) is 18.1 Å².